The predicted molar refractivity (Wildman–Crippen MR) is 126 cm³/mol. The molecule has 1 fully saturated rings. The van der Waals surface area contributed by atoms with Crippen molar-refractivity contribution >= 4 is 11.9 Å². The summed E-state index contributed by atoms with van der Waals surface area (Å²) in [4.78, 5) is 29.3. The average molecular weight is 456 g/mol. The summed E-state index contributed by atoms with van der Waals surface area (Å²) in [5.74, 6) is 0.980. The summed E-state index contributed by atoms with van der Waals surface area (Å²) in [6.07, 6.45) is 9.81. The quantitative estimate of drug-likeness (QED) is 0.471. The predicted octanol–water partition coefficient (Wildman–Crippen LogP) is 5.57. The Morgan fingerprint density at radius 1 is 1.15 bits per heavy atom. The normalized spacial score (nSPS) is 15.7. The average Bonchev–Trinajstić information content (AvgIpc) is 3.26. The van der Waals surface area contributed by atoms with Gasteiger partial charge in [0.15, 0.2) is 5.82 Å². The molecule has 0 aliphatic heterocycles. The summed E-state index contributed by atoms with van der Waals surface area (Å²) < 4.78 is 11.1. The van der Waals surface area contributed by atoms with Gasteiger partial charge >= 0.3 is 5.97 Å². The molecule has 0 spiro atoms. The lowest BCUT2D eigenvalue weighted by Gasteiger charge is -2.23. The molecular weight excluding hydrogens is 418 g/mol. The van der Waals surface area contributed by atoms with Crippen LogP contribution < -0.4 is 5.32 Å². The van der Waals surface area contributed by atoms with E-state index in [-0.39, 0.29) is 30.8 Å². The standard InChI is InChI=1S/C26H37N3O4/c1-26(2,3)32-23(30)17-21(16-10-13-19-11-6-4-7-12-19)25-28-22(29-33-25)18-27-24(31)20-14-8-5-9-15-20/h5,8-9,14-15,19,21H,4,6-7,10-13,16-18H2,1-3H3,(H,27,31)/t21-/m1/s1. The van der Waals surface area contributed by atoms with Crippen LogP contribution in [-0.4, -0.2) is 27.6 Å². The van der Waals surface area contributed by atoms with Crippen LogP contribution in [0.25, 0.3) is 0 Å². The molecule has 1 aromatic heterocycles. The number of esters is 1. The van der Waals surface area contributed by atoms with Crippen molar-refractivity contribution in [3.8, 4) is 0 Å². The minimum atomic E-state index is -0.536. The lowest BCUT2D eigenvalue weighted by Crippen LogP contribution is -2.25. The van der Waals surface area contributed by atoms with Gasteiger partial charge in [-0.05, 0) is 45.2 Å². The molecule has 3 rings (SSSR count). The first-order chi connectivity index (χ1) is 15.8. The van der Waals surface area contributed by atoms with Crippen molar-refractivity contribution in [2.24, 2.45) is 5.92 Å². The van der Waals surface area contributed by atoms with Gasteiger partial charge < -0.3 is 14.6 Å². The maximum Gasteiger partial charge on any atom is 0.307 e. The summed E-state index contributed by atoms with van der Waals surface area (Å²) >= 11 is 0. The smallest absolute Gasteiger partial charge is 0.307 e. The fourth-order valence-electron chi connectivity index (χ4n) is 4.38. The Balaban J connectivity index is 1.59. The summed E-state index contributed by atoms with van der Waals surface area (Å²) in [5, 5.41) is 6.84. The van der Waals surface area contributed by atoms with E-state index < -0.39 is 5.60 Å². The Morgan fingerprint density at radius 3 is 2.58 bits per heavy atom. The first kappa shape index (κ1) is 24.9. The van der Waals surface area contributed by atoms with E-state index in [0.717, 1.165) is 18.8 Å². The van der Waals surface area contributed by atoms with Crippen LogP contribution in [0.5, 0.6) is 0 Å². The number of aromatic nitrogens is 2. The van der Waals surface area contributed by atoms with Crippen molar-refractivity contribution in [3.63, 3.8) is 0 Å². The summed E-state index contributed by atoms with van der Waals surface area (Å²) in [7, 11) is 0. The number of carbonyl (C=O) groups is 2. The largest absolute Gasteiger partial charge is 0.460 e. The van der Waals surface area contributed by atoms with E-state index >= 15 is 0 Å². The number of hydrogen-bond donors (Lipinski definition) is 1. The summed E-state index contributed by atoms with van der Waals surface area (Å²) in [5.41, 5.74) is 0.0394. The van der Waals surface area contributed by atoms with E-state index in [2.05, 4.69) is 15.5 Å². The first-order valence-corrected chi connectivity index (χ1v) is 12.2. The van der Waals surface area contributed by atoms with Crippen LogP contribution in [-0.2, 0) is 16.1 Å². The van der Waals surface area contributed by atoms with Gasteiger partial charge in [-0.3, -0.25) is 9.59 Å². The second kappa shape index (κ2) is 12.0. The van der Waals surface area contributed by atoms with Crippen LogP contribution in [0.3, 0.4) is 0 Å². The van der Waals surface area contributed by atoms with E-state index in [1.54, 1.807) is 12.1 Å². The molecule has 1 heterocycles. The van der Waals surface area contributed by atoms with Gasteiger partial charge in [0.25, 0.3) is 5.91 Å². The molecule has 1 aliphatic rings. The van der Waals surface area contributed by atoms with Gasteiger partial charge in [0, 0.05) is 11.5 Å². The SMILES string of the molecule is CC(C)(C)OC(=O)C[C@@H](CCCC1CCCCC1)c1nc(CNC(=O)c2ccccc2)no1. The Morgan fingerprint density at radius 2 is 1.88 bits per heavy atom. The van der Waals surface area contributed by atoms with Crippen LogP contribution in [0.1, 0.15) is 107 Å². The Kier molecular flexibility index (Phi) is 9.03. The lowest BCUT2D eigenvalue weighted by atomic mass is 9.84. The van der Waals surface area contributed by atoms with Crippen molar-refractivity contribution in [2.75, 3.05) is 0 Å². The fourth-order valence-corrected chi connectivity index (χ4v) is 4.38. The van der Waals surface area contributed by atoms with Gasteiger partial charge in [0.1, 0.15) is 5.60 Å². The molecule has 0 bridgehead atoms. The molecule has 1 atom stereocenters. The van der Waals surface area contributed by atoms with E-state index in [1.165, 1.54) is 38.5 Å². The molecule has 180 valence electrons. The second-order valence-electron chi connectivity index (χ2n) is 10.0. The Hall–Kier alpha value is -2.70. The van der Waals surface area contributed by atoms with Gasteiger partial charge in [0.05, 0.1) is 13.0 Å². The molecule has 7 heteroatoms. The van der Waals surface area contributed by atoms with Crippen LogP contribution in [0.4, 0.5) is 0 Å². The first-order valence-electron chi connectivity index (χ1n) is 12.2. The maximum atomic E-state index is 12.5. The van der Waals surface area contributed by atoms with Crippen molar-refractivity contribution < 1.29 is 18.8 Å². The third kappa shape index (κ3) is 8.63. The zero-order valence-corrected chi connectivity index (χ0v) is 20.1. The molecule has 1 saturated carbocycles. The van der Waals surface area contributed by atoms with Gasteiger partial charge in [0.2, 0.25) is 5.89 Å². The monoisotopic (exact) mass is 455 g/mol. The van der Waals surface area contributed by atoms with Crippen LogP contribution in [0, 0.1) is 5.92 Å². The molecule has 1 aliphatic carbocycles. The molecule has 33 heavy (non-hydrogen) atoms. The van der Waals surface area contributed by atoms with Crippen molar-refractivity contribution in [3.05, 3.63) is 47.6 Å². The highest BCUT2D eigenvalue weighted by molar-refractivity contribution is 5.93. The molecule has 1 aromatic carbocycles. The number of nitrogens with one attached hydrogen (secondary N) is 1. The molecular formula is C26H37N3O4. The third-order valence-corrected chi connectivity index (χ3v) is 6.00. The van der Waals surface area contributed by atoms with Crippen LogP contribution in [0.15, 0.2) is 34.9 Å². The molecule has 1 amide bonds. The molecule has 0 radical (unpaired) electrons. The number of rotatable bonds is 10. The lowest BCUT2D eigenvalue weighted by molar-refractivity contribution is -0.155. The van der Waals surface area contributed by atoms with Gasteiger partial charge in [-0.1, -0.05) is 68.3 Å². The topological polar surface area (TPSA) is 94.3 Å². The highest BCUT2D eigenvalue weighted by Crippen LogP contribution is 2.31. The highest BCUT2D eigenvalue weighted by atomic mass is 16.6. The van der Waals surface area contributed by atoms with Gasteiger partial charge in [-0.25, -0.2) is 0 Å². The van der Waals surface area contributed by atoms with E-state index in [1.807, 2.05) is 39.0 Å². The minimum absolute atomic E-state index is 0.165. The van der Waals surface area contributed by atoms with Crippen molar-refractivity contribution in [1.29, 1.82) is 0 Å². The molecule has 0 saturated heterocycles. The van der Waals surface area contributed by atoms with Crippen LogP contribution >= 0.6 is 0 Å². The second-order valence-corrected chi connectivity index (χ2v) is 10.0. The van der Waals surface area contributed by atoms with E-state index in [4.69, 9.17) is 9.26 Å². The van der Waals surface area contributed by atoms with E-state index in [0.29, 0.717) is 17.3 Å². The number of amides is 1. The zero-order valence-electron chi connectivity index (χ0n) is 20.1. The molecule has 2 aromatic rings. The molecule has 7 nitrogen and oxygen atoms in total. The Bertz CT molecular complexity index is 882. The van der Waals surface area contributed by atoms with Gasteiger partial charge in [-0.2, -0.15) is 4.98 Å². The zero-order chi connectivity index (χ0) is 23.7. The molecule has 0 unspecified atom stereocenters. The number of carbonyl (C=O) groups excluding carboxylic acids is 2. The summed E-state index contributed by atoms with van der Waals surface area (Å²) in [6, 6.07) is 8.99. The van der Waals surface area contributed by atoms with Gasteiger partial charge in [-0.15, -0.1) is 0 Å². The number of benzene rings is 1. The molecule has 1 N–H and O–H groups in total. The fraction of sp³-hybridized carbons (Fsp3) is 0.615. The number of ether oxygens (including phenoxy) is 1. The Labute approximate surface area is 196 Å². The minimum Gasteiger partial charge on any atom is -0.460 e. The number of hydrogen-bond acceptors (Lipinski definition) is 6. The van der Waals surface area contributed by atoms with Crippen molar-refractivity contribution in [2.45, 2.75) is 96.6 Å². The number of nitrogens with zero attached hydrogens (tertiary/aromatic N) is 2. The summed E-state index contributed by atoms with van der Waals surface area (Å²) in [6.45, 7) is 5.76. The highest BCUT2D eigenvalue weighted by Gasteiger charge is 2.26. The third-order valence-electron chi connectivity index (χ3n) is 6.00. The maximum absolute atomic E-state index is 12.5. The van der Waals surface area contributed by atoms with Crippen LogP contribution in [0.2, 0.25) is 0 Å². The van der Waals surface area contributed by atoms with Crippen molar-refractivity contribution in [1.82, 2.24) is 15.5 Å². The van der Waals surface area contributed by atoms with E-state index in [9.17, 15) is 9.59 Å².